The minimum Gasteiger partial charge on any atom is -0.462 e. The van der Waals surface area contributed by atoms with Gasteiger partial charge >= 0.3 is 17.9 Å². The molecular weight excluding hydrogens is 1020 g/mol. The van der Waals surface area contributed by atoms with Gasteiger partial charge in [0.15, 0.2) is 6.10 Å². The number of hydrogen-bond donors (Lipinski definition) is 0. The topological polar surface area (TPSA) is 78.9 Å². The van der Waals surface area contributed by atoms with Crippen molar-refractivity contribution >= 4 is 17.9 Å². The minimum absolute atomic E-state index is 0.124. The van der Waals surface area contributed by atoms with Gasteiger partial charge in [-0.15, -0.1) is 0 Å². The first-order valence-corrected chi connectivity index (χ1v) is 34.0. The van der Waals surface area contributed by atoms with Gasteiger partial charge in [0.1, 0.15) is 13.2 Å². The van der Waals surface area contributed by atoms with Gasteiger partial charge in [0.05, 0.1) is 0 Å². The van der Waals surface area contributed by atoms with Crippen LogP contribution in [0.25, 0.3) is 0 Å². The molecule has 0 N–H and O–H groups in total. The lowest BCUT2D eigenvalue weighted by Crippen LogP contribution is -2.30. The van der Waals surface area contributed by atoms with Gasteiger partial charge in [-0.3, -0.25) is 14.4 Å². The molecule has 468 valence electrons. The molecular formula is C77H124O6. The Morgan fingerprint density at radius 2 is 0.494 bits per heavy atom. The Hall–Kier alpha value is -4.97. The summed E-state index contributed by atoms with van der Waals surface area (Å²) in [7, 11) is 0. The molecule has 0 aromatic rings. The first-order chi connectivity index (χ1) is 41.0. The maximum atomic E-state index is 12.9. The first kappa shape index (κ1) is 78.0. The largest absolute Gasteiger partial charge is 0.462 e. The maximum Gasteiger partial charge on any atom is 0.306 e. The van der Waals surface area contributed by atoms with Crippen molar-refractivity contribution in [2.24, 2.45) is 0 Å². The summed E-state index contributed by atoms with van der Waals surface area (Å²) in [6.45, 7) is 6.32. The summed E-state index contributed by atoms with van der Waals surface area (Å²) in [5.41, 5.74) is 0. The molecule has 0 aliphatic rings. The van der Waals surface area contributed by atoms with Crippen LogP contribution < -0.4 is 0 Å². The Morgan fingerprint density at radius 1 is 0.253 bits per heavy atom. The number of unbranched alkanes of at least 4 members (excludes halogenated alkanes) is 23. The summed E-state index contributed by atoms with van der Waals surface area (Å²) in [5, 5.41) is 0. The third-order valence-electron chi connectivity index (χ3n) is 14.0. The molecule has 1 unspecified atom stereocenters. The van der Waals surface area contributed by atoms with Crippen LogP contribution in [0, 0.1) is 0 Å². The second kappa shape index (κ2) is 69.5. The normalized spacial score (nSPS) is 13.1. The van der Waals surface area contributed by atoms with Crippen molar-refractivity contribution in [3.8, 4) is 0 Å². The van der Waals surface area contributed by atoms with Gasteiger partial charge in [-0.05, 0) is 135 Å². The fourth-order valence-electron chi connectivity index (χ4n) is 9.00. The van der Waals surface area contributed by atoms with E-state index in [1.54, 1.807) is 0 Å². The molecule has 0 aromatic heterocycles. The van der Waals surface area contributed by atoms with Crippen LogP contribution in [0.1, 0.15) is 290 Å². The van der Waals surface area contributed by atoms with Crippen LogP contribution in [0.15, 0.2) is 158 Å². The van der Waals surface area contributed by atoms with E-state index >= 15 is 0 Å². The van der Waals surface area contributed by atoms with Crippen LogP contribution in [0.4, 0.5) is 0 Å². The predicted molar refractivity (Wildman–Crippen MR) is 362 cm³/mol. The van der Waals surface area contributed by atoms with Crippen LogP contribution >= 0.6 is 0 Å². The molecule has 0 aromatic carbocycles. The molecule has 0 fully saturated rings. The highest BCUT2D eigenvalue weighted by Crippen LogP contribution is 2.16. The van der Waals surface area contributed by atoms with Gasteiger partial charge < -0.3 is 14.2 Å². The summed E-state index contributed by atoms with van der Waals surface area (Å²) in [4.78, 5) is 38.4. The number of carbonyl (C=O) groups excluding carboxylic acids is 3. The SMILES string of the molecule is CC/C=C\C/C=C\C/C=C\C/C=C\C/C=C\C/C=C\CCC(=O)OC(COC(=O)CCCCC/C=C\C/C=C\C/C=C\C/C=C\C/C=C\CC)COC(=O)CCCCCCCCCCCCCCCCC/C=C\C/C=C\CCCCCCC. The van der Waals surface area contributed by atoms with E-state index in [0.717, 1.165) is 122 Å². The molecule has 0 radical (unpaired) electrons. The third-order valence-corrected chi connectivity index (χ3v) is 14.0. The molecule has 83 heavy (non-hydrogen) atoms. The average molecular weight is 1150 g/mol. The Labute approximate surface area is 511 Å². The maximum absolute atomic E-state index is 12.9. The van der Waals surface area contributed by atoms with E-state index in [1.165, 1.54) is 122 Å². The van der Waals surface area contributed by atoms with E-state index in [4.69, 9.17) is 14.2 Å². The average Bonchev–Trinajstić information content (AvgIpc) is 3.50. The van der Waals surface area contributed by atoms with E-state index in [1.807, 2.05) is 12.2 Å². The van der Waals surface area contributed by atoms with Gasteiger partial charge in [-0.25, -0.2) is 0 Å². The standard InChI is InChI=1S/C77H124O6/c1-4-7-10-13-16-19-22-25-28-31-34-35-36-37-38-39-40-41-44-46-49-52-55-58-61-64-67-70-76(79)82-73-74(83-77(80)71-68-65-62-59-56-53-50-47-43-33-30-27-24-21-18-15-12-9-6-3)72-81-75(78)69-66-63-60-57-54-51-48-45-42-32-29-26-23-20-17-14-11-8-5-2/h8-9,11-12,17-18,20-22,25-27,29-31,34,42-43,45,47,51,53-54,56,62,65,74H,4-7,10,13-16,19,23-24,28,32-33,35-41,44,46,48-50,52,55,57-61,63-64,66-73H2,1-3H3/b11-8-,12-9-,20-17-,21-18-,25-22-,29-26-,30-27-,34-31-,45-42-,47-43-,54-51-,56-53-,65-62-. The van der Waals surface area contributed by atoms with E-state index < -0.39 is 12.1 Å². The fourth-order valence-corrected chi connectivity index (χ4v) is 9.00. The zero-order chi connectivity index (χ0) is 59.9. The van der Waals surface area contributed by atoms with E-state index in [9.17, 15) is 14.4 Å². The molecule has 0 saturated carbocycles. The highest BCUT2D eigenvalue weighted by Gasteiger charge is 2.19. The van der Waals surface area contributed by atoms with Crippen LogP contribution in [0.5, 0.6) is 0 Å². The lowest BCUT2D eigenvalue weighted by atomic mass is 10.0. The summed E-state index contributed by atoms with van der Waals surface area (Å²) >= 11 is 0. The minimum atomic E-state index is -0.842. The molecule has 0 aliphatic heterocycles. The van der Waals surface area contributed by atoms with Crippen molar-refractivity contribution in [1.82, 2.24) is 0 Å². The fraction of sp³-hybridized carbons (Fsp3) is 0.623. The van der Waals surface area contributed by atoms with Crippen LogP contribution in [-0.2, 0) is 28.6 Å². The summed E-state index contributed by atoms with van der Waals surface area (Å²) in [6.07, 6.45) is 101. The molecule has 6 heteroatoms. The molecule has 0 heterocycles. The summed E-state index contributed by atoms with van der Waals surface area (Å²) in [6, 6.07) is 0. The highest BCUT2D eigenvalue weighted by molar-refractivity contribution is 5.71. The number of allylic oxidation sites excluding steroid dienone is 26. The first-order valence-electron chi connectivity index (χ1n) is 34.0. The zero-order valence-electron chi connectivity index (χ0n) is 53.7. The molecule has 0 spiro atoms. The second-order valence-electron chi connectivity index (χ2n) is 22.0. The lowest BCUT2D eigenvalue weighted by Gasteiger charge is -2.18. The van der Waals surface area contributed by atoms with Gasteiger partial charge in [-0.2, -0.15) is 0 Å². The quantitative estimate of drug-likeness (QED) is 0.0261. The Balaban J connectivity index is 4.48. The highest BCUT2D eigenvalue weighted by atomic mass is 16.6. The third kappa shape index (κ3) is 67.7. The molecule has 1 atom stereocenters. The van der Waals surface area contributed by atoms with E-state index in [-0.39, 0.29) is 31.6 Å². The van der Waals surface area contributed by atoms with Gasteiger partial charge in [0.2, 0.25) is 0 Å². The number of hydrogen-bond acceptors (Lipinski definition) is 6. The number of rotatable bonds is 60. The van der Waals surface area contributed by atoms with Crippen LogP contribution in [-0.4, -0.2) is 37.2 Å². The van der Waals surface area contributed by atoms with Crippen molar-refractivity contribution in [1.29, 1.82) is 0 Å². The van der Waals surface area contributed by atoms with Gasteiger partial charge in [-0.1, -0.05) is 294 Å². The molecule has 0 rings (SSSR count). The molecule has 0 bridgehead atoms. The Morgan fingerprint density at radius 3 is 0.795 bits per heavy atom. The Kier molecular flexibility index (Phi) is 65.4. The van der Waals surface area contributed by atoms with Crippen molar-refractivity contribution in [3.05, 3.63) is 158 Å². The Bertz CT molecular complexity index is 1840. The van der Waals surface area contributed by atoms with Crippen molar-refractivity contribution in [2.75, 3.05) is 13.2 Å². The zero-order valence-corrected chi connectivity index (χ0v) is 53.7. The molecule has 0 aliphatic carbocycles. The van der Waals surface area contributed by atoms with Crippen molar-refractivity contribution in [2.45, 2.75) is 297 Å². The lowest BCUT2D eigenvalue weighted by molar-refractivity contribution is -0.166. The van der Waals surface area contributed by atoms with Crippen LogP contribution in [0.3, 0.4) is 0 Å². The second-order valence-corrected chi connectivity index (χ2v) is 22.0. The van der Waals surface area contributed by atoms with E-state index in [2.05, 4.69) is 167 Å². The van der Waals surface area contributed by atoms with Crippen molar-refractivity contribution in [3.63, 3.8) is 0 Å². The molecule has 0 amide bonds. The van der Waals surface area contributed by atoms with Gasteiger partial charge in [0, 0.05) is 19.3 Å². The molecule has 0 saturated heterocycles. The number of esters is 3. The molecule has 6 nitrogen and oxygen atoms in total. The number of carbonyl (C=O) groups is 3. The monoisotopic (exact) mass is 1140 g/mol. The smallest absolute Gasteiger partial charge is 0.306 e. The summed E-state index contributed by atoms with van der Waals surface area (Å²) < 4.78 is 16.9. The number of ether oxygens (including phenoxy) is 3. The van der Waals surface area contributed by atoms with Crippen molar-refractivity contribution < 1.29 is 28.6 Å². The van der Waals surface area contributed by atoms with Gasteiger partial charge in [0.25, 0.3) is 0 Å². The van der Waals surface area contributed by atoms with Crippen LogP contribution in [0.2, 0.25) is 0 Å². The predicted octanol–water partition coefficient (Wildman–Crippen LogP) is 23.7. The summed E-state index contributed by atoms with van der Waals surface area (Å²) in [5.74, 6) is -1.04. The van der Waals surface area contributed by atoms with E-state index in [0.29, 0.717) is 19.3 Å².